The summed E-state index contributed by atoms with van der Waals surface area (Å²) in [5.41, 5.74) is 3.02. The number of benzene rings is 1. The number of aliphatic hydroxyl groups is 1. The minimum Gasteiger partial charge on any atom is -0.393 e. The van der Waals surface area contributed by atoms with Crippen molar-refractivity contribution in [2.45, 2.75) is 33.3 Å². The minimum absolute atomic E-state index is 0.132. The number of aliphatic hydroxyl groups excluding tert-OH is 1. The van der Waals surface area contributed by atoms with Gasteiger partial charge in [-0.05, 0) is 32.4 Å². The maximum Gasteiger partial charge on any atom is 0.226 e. The lowest BCUT2D eigenvalue weighted by Crippen LogP contribution is -2.17. The highest BCUT2D eigenvalue weighted by Gasteiger charge is 2.07. The van der Waals surface area contributed by atoms with Gasteiger partial charge in [0.1, 0.15) is 0 Å². The summed E-state index contributed by atoms with van der Waals surface area (Å²) >= 11 is 0. The molecule has 3 nitrogen and oxygen atoms in total. The number of nitrogens with one attached hydrogen (secondary N) is 1. The molecule has 0 radical (unpaired) electrons. The average molecular weight is 207 g/mol. The first-order valence-corrected chi connectivity index (χ1v) is 5.04. The molecule has 0 aliphatic carbocycles. The molecular weight excluding hydrogens is 190 g/mol. The summed E-state index contributed by atoms with van der Waals surface area (Å²) in [5.74, 6) is -0.156. The Labute approximate surface area is 90.1 Å². The van der Waals surface area contributed by atoms with E-state index in [-0.39, 0.29) is 12.3 Å². The minimum atomic E-state index is -0.601. The quantitative estimate of drug-likeness (QED) is 0.796. The average Bonchev–Trinajstić information content (AvgIpc) is 2.08. The normalized spacial score (nSPS) is 12.3. The van der Waals surface area contributed by atoms with Gasteiger partial charge in [0.15, 0.2) is 0 Å². The van der Waals surface area contributed by atoms with Gasteiger partial charge < -0.3 is 10.4 Å². The molecule has 0 saturated heterocycles. The Kier molecular flexibility index (Phi) is 3.86. The summed E-state index contributed by atoms with van der Waals surface area (Å²) in [5, 5.41) is 11.8. The van der Waals surface area contributed by atoms with Crippen molar-refractivity contribution in [1.82, 2.24) is 0 Å². The molecule has 0 saturated carbocycles. The number of carbonyl (C=O) groups excluding carboxylic acids is 1. The van der Waals surface area contributed by atoms with Gasteiger partial charge in [0, 0.05) is 5.69 Å². The lowest BCUT2D eigenvalue weighted by molar-refractivity contribution is -0.117. The number of rotatable bonds is 3. The zero-order valence-corrected chi connectivity index (χ0v) is 9.37. The van der Waals surface area contributed by atoms with E-state index >= 15 is 0 Å². The number of aryl methyl sites for hydroxylation is 2. The van der Waals surface area contributed by atoms with Gasteiger partial charge in [0.25, 0.3) is 0 Å². The van der Waals surface area contributed by atoms with E-state index in [4.69, 9.17) is 5.11 Å². The van der Waals surface area contributed by atoms with Crippen LogP contribution in [0.15, 0.2) is 18.2 Å². The van der Waals surface area contributed by atoms with Crippen molar-refractivity contribution in [2.75, 3.05) is 5.32 Å². The second-order valence-corrected chi connectivity index (χ2v) is 3.92. The zero-order valence-electron chi connectivity index (χ0n) is 9.37. The predicted octanol–water partition coefficient (Wildman–Crippen LogP) is 2.01. The molecule has 0 aromatic heterocycles. The molecule has 1 amide bonds. The summed E-state index contributed by atoms with van der Waals surface area (Å²) in [7, 11) is 0. The lowest BCUT2D eigenvalue weighted by atomic mass is 10.1. The van der Waals surface area contributed by atoms with Gasteiger partial charge in [-0.25, -0.2) is 0 Å². The molecule has 3 heteroatoms. The van der Waals surface area contributed by atoms with E-state index < -0.39 is 6.10 Å². The third-order valence-corrected chi connectivity index (χ3v) is 2.14. The van der Waals surface area contributed by atoms with E-state index in [0.717, 1.165) is 11.3 Å². The molecule has 1 unspecified atom stereocenters. The second-order valence-electron chi connectivity index (χ2n) is 3.92. The van der Waals surface area contributed by atoms with E-state index in [1.165, 1.54) is 5.56 Å². The number of hydrogen-bond acceptors (Lipinski definition) is 2. The monoisotopic (exact) mass is 207 g/mol. The summed E-state index contributed by atoms with van der Waals surface area (Å²) < 4.78 is 0. The van der Waals surface area contributed by atoms with Crippen LogP contribution in [-0.2, 0) is 4.79 Å². The van der Waals surface area contributed by atoms with Gasteiger partial charge >= 0.3 is 0 Å². The Morgan fingerprint density at radius 3 is 2.67 bits per heavy atom. The molecule has 1 aromatic carbocycles. The van der Waals surface area contributed by atoms with Gasteiger partial charge in [0.2, 0.25) is 5.91 Å². The van der Waals surface area contributed by atoms with Crippen molar-refractivity contribution < 1.29 is 9.90 Å². The van der Waals surface area contributed by atoms with E-state index in [1.54, 1.807) is 6.92 Å². The van der Waals surface area contributed by atoms with Crippen LogP contribution in [0.4, 0.5) is 5.69 Å². The fraction of sp³-hybridized carbons (Fsp3) is 0.417. The molecule has 0 fully saturated rings. The van der Waals surface area contributed by atoms with E-state index in [9.17, 15) is 4.79 Å². The molecule has 2 N–H and O–H groups in total. The summed E-state index contributed by atoms with van der Waals surface area (Å²) in [6.45, 7) is 5.56. The molecule has 15 heavy (non-hydrogen) atoms. The van der Waals surface area contributed by atoms with E-state index in [1.807, 2.05) is 32.0 Å². The topological polar surface area (TPSA) is 49.3 Å². The fourth-order valence-electron chi connectivity index (χ4n) is 1.42. The van der Waals surface area contributed by atoms with Crippen molar-refractivity contribution in [1.29, 1.82) is 0 Å². The number of carbonyl (C=O) groups is 1. The number of hydrogen-bond donors (Lipinski definition) is 2. The first kappa shape index (κ1) is 11.7. The van der Waals surface area contributed by atoms with Gasteiger partial charge in [-0.3, -0.25) is 4.79 Å². The molecule has 0 bridgehead atoms. The van der Waals surface area contributed by atoms with Crippen molar-refractivity contribution in [3.05, 3.63) is 29.3 Å². The van der Waals surface area contributed by atoms with Crippen LogP contribution in [0.25, 0.3) is 0 Å². The highest BCUT2D eigenvalue weighted by Crippen LogP contribution is 2.16. The van der Waals surface area contributed by atoms with Crippen LogP contribution in [0.5, 0.6) is 0 Å². The molecule has 0 heterocycles. The van der Waals surface area contributed by atoms with Gasteiger partial charge in [-0.2, -0.15) is 0 Å². The Morgan fingerprint density at radius 2 is 2.13 bits per heavy atom. The summed E-state index contributed by atoms with van der Waals surface area (Å²) in [6.07, 6.45) is -0.469. The maximum atomic E-state index is 11.4. The van der Waals surface area contributed by atoms with Crippen molar-refractivity contribution in [2.24, 2.45) is 0 Å². The second kappa shape index (κ2) is 4.94. The first-order valence-electron chi connectivity index (χ1n) is 5.04. The van der Waals surface area contributed by atoms with Crippen LogP contribution in [0.2, 0.25) is 0 Å². The van der Waals surface area contributed by atoms with Crippen LogP contribution in [-0.4, -0.2) is 17.1 Å². The predicted molar refractivity (Wildman–Crippen MR) is 60.8 cm³/mol. The Hall–Kier alpha value is -1.35. The molecule has 0 aliphatic heterocycles. The van der Waals surface area contributed by atoms with Crippen LogP contribution < -0.4 is 5.32 Å². The molecule has 0 aliphatic rings. The molecule has 1 atom stereocenters. The lowest BCUT2D eigenvalue weighted by Gasteiger charge is -2.09. The first-order chi connectivity index (χ1) is 6.99. The molecule has 1 rings (SSSR count). The van der Waals surface area contributed by atoms with Gasteiger partial charge in [-0.15, -0.1) is 0 Å². The highest BCUT2D eigenvalue weighted by molar-refractivity contribution is 5.91. The number of amides is 1. The zero-order chi connectivity index (χ0) is 11.4. The van der Waals surface area contributed by atoms with Crippen LogP contribution in [0.1, 0.15) is 24.5 Å². The standard InChI is InChI=1S/C12H17NO2/c1-8-4-5-11(9(2)6-8)13-12(15)7-10(3)14/h4-6,10,14H,7H2,1-3H3,(H,13,15). The molecule has 0 spiro atoms. The van der Waals surface area contributed by atoms with Crippen molar-refractivity contribution >= 4 is 11.6 Å². The van der Waals surface area contributed by atoms with E-state index in [2.05, 4.69) is 5.32 Å². The SMILES string of the molecule is Cc1ccc(NC(=O)CC(C)O)c(C)c1. The van der Waals surface area contributed by atoms with Crippen molar-refractivity contribution in [3.63, 3.8) is 0 Å². The highest BCUT2D eigenvalue weighted by atomic mass is 16.3. The van der Waals surface area contributed by atoms with E-state index in [0.29, 0.717) is 0 Å². The van der Waals surface area contributed by atoms with Crippen LogP contribution >= 0.6 is 0 Å². The summed E-state index contributed by atoms with van der Waals surface area (Å²) in [4.78, 5) is 11.4. The van der Waals surface area contributed by atoms with Crippen LogP contribution in [0.3, 0.4) is 0 Å². The third kappa shape index (κ3) is 3.72. The van der Waals surface area contributed by atoms with Gasteiger partial charge in [0.05, 0.1) is 12.5 Å². The maximum absolute atomic E-state index is 11.4. The Balaban J connectivity index is 2.68. The number of anilines is 1. The van der Waals surface area contributed by atoms with Crippen LogP contribution in [0, 0.1) is 13.8 Å². The molecule has 1 aromatic rings. The smallest absolute Gasteiger partial charge is 0.226 e. The summed E-state index contributed by atoms with van der Waals surface area (Å²) in [6, 6.07) is 5.84. The molecule has 82 valence electrons. The van der Waals surface area contributed by atoms with Gasteiger partial charge in [-0.1, -0.05) is 17.7 Å². The third-order valence-electron chi connectivity index (χ3n) is 2.14. The van der Waals surface area contributed by atoms with Crippen molar-refractivity contribution in [3.8, 4) is 0 Å². The fourth-order valence-corrected chi connectivity index (χ4v) is 1.42. The Bertz CT molecular complexity index is 359. The largest absolute Gasteiger partial charge is 0.393 e. The Morgan fingerprint density at radius 1 is 1.47 bits per heavy atom. The molecular formula is C12H17NO2.